The quantitative estimate of drug-likeness (QED) is 0.794. The molecule has 1 aliphatic rings. The van der Waals surface area contributed by atoms with Gasteiger partial charge in [0.2, 0.25) is 0 Å². The average molecular weight is 231 g/mol. The third kappa shape index (κ3) is 3.39. The minimum atomic E-state index is 0.291. The molecule has 17 heavy (non-hydrogen) atoms. The highest BCUT2D eigenvalue weighted by molar-refractivity contribution is 5.82. The first-order valence-electron chi connectivity index (χ1n) is 6.72. The van der Waals surface area contributed by atoms with Crippen molar-refractivity contribution in [1.29, 1.82) is 0 Å². The molecule has 0 atom stereocenters. The van der Waals surface area contributed by atoms with Gasteiger partial charge in [-0.25, -0.2) is 0 Å². The number of aromatic nitrogens is 1. The summed E-state index contributed by atoms with van der Waals surface area (Å²) in [6.07, 6.45) is 8.18. The fourth-order valence-electron chi connectivity index (χ4n) is 2.72. The van der Waals surface area contributed by atoms with E-state index < -0.39 is 0 Å². The molecule has 2 heteroatoms. The van der Waals surface area contributed by atoms with Crippen LogP contribution in [-0.2, 0) is 11.2 Å². The molecule has 92 valence electrons. The number of Topliss-reactive ketones (excluding diaryl/α,β-unsaturated/α-hetero) is 1. The second kappa shape index (κ2) is 5.95. The van der Waals surface area contributed by atoms with E-state index in [-0.39, 0.29) is 0 Å². The van der Waals surface area contributed by atoms with Gasteiger partial charge in [-0.15, -0.1) is 0 Å². The maximum Gasteiger partial charge on any atom is 0.141 e. The zero-order valence-corrected chi connectivity index (χ0v) is 10.6. The van der Waals surface area contributed by atoms with Gasteiger partial charge in [0.25, 0.3) is 0 Å². The minimum Gasteiger partial charge on any atom is -0.299 e. The summed E-state index contributed by atoms with van der Waals surface area (Å²) in [6, 6.07) is 5.78. The number of hydrogen-bond donors (Lipinski definition) is 0. The maximum absolute atomic E-state index is 12.1. The van der Waals surface area contributed by atoms with Gasteiger partial charge in [-0.2, -0.15) is 0 Å². The maximum atomic E-state index is 12.1. The van der Waals surface area contributed by atoms with E-state index in [4.69, 9.17) is 0 Å². The van der Waals surface area contributed by atoms with Crippen molar-refractivity contribution in [3.05, 3.63) is 30.1 Å². The molecule has 1 fully saturated rings. The fourth-order valence-corrected chi connectivity index (χ4v) is 2.72. The largest absolute Gasteiger partial charge is 0.299 e. The van der Waals surface area contributed by atoms with Crippen molar-refractivity contribution in [3.8, 4) is 0 Å². The molecule has 0 radical (unpaired) electrons. The average Bonchev–Trinajstić information content (AvgIpc) is 2.40. The summed E-state index contributed by atoms with van der Waals surface area (Å²) in [5.41, 5.74) is 0.912. The van der Waals surface area contributed by atoms with Crippen LogP contribution in [0.25, 0.3) is 0 Å². The Balaban J connectivity index is 1.85. The number of rotatable bonds is 4. The number of hydrogen-bond acceptors (Lipinski definition) is 2. The molecule has 0 spiro atoms. The molecule has 2 rings (SSSR count). The van der Waals surface area contributed by atoms with Crippen molar-refractivity contribution >= 4 is 5.78 Å². The lowest BCUT2D eigenvalue weighted by atomic mass is 9.78. The smallest absolute Gasteiger partial charge is 0.141 e. The molecular weight excluding hydrogens is 210 g/mol. The first-order chi connectivity index (χ1) is 8.29. The van der Waals surface area contributed by atoms with Gasteiger partial charge in [0.1, 0.15) is 5.78 Å². The van der Waals surface area contributed by atoms with Gasteiger partial charge in [-0.1, -0.05) is 19.4 Å². The number of carbonyl (C=O) groups is 1. The van der Waals surface area contributed by atoms with E-state index in [9.17, 15) is 4.79 Å². The van der Waals surface area contributed by atoms with Crippen molar-refractivity contribution < 1.29 is 4.79 Å². The van der Waals surface area contributed by atoms with Gasteiger partial charge < -0.3 is 0 Å². The van der Waals surface area contributed by atoms with Gasteiger partial charge in [-0.05, 0) is 43.7 Å². The van der Waals surface area contributed by atoms with E-state index in [1.54, 1.807) is 6.20 Å². The van der Waals surface area contributed by atoms with Crippen LogP contribution in [0.4, 0.5) is 0 Å². The van der Waals surface area contributed by atoms with Gasteiger partial charge in [0.05, 0.1) is 0 Å². The first-order valence-corrected chi connectivity index (χ1v) is 6.72. The van der Waals surface area contributed by atoms with Crippen LogP contribution in [0.3, 0.4) is 0 Å². The van der Waals surface area contributed by atoms with Gasteiger partial charge in [0, 0.05) is 24.2 Å². The highest BCUT2D eigenvalue weighted by atomic mass is 16.1. The van der Waals surface area contributed by atoms with E-state index in [2.05, 4.69) is 11.9 Å². The summed E-state index contributed by atoms with van der Waals surface area (Å²) in [5.74, 6) is 1.53. The third-order valence-electron chi connectivity index (χ3n) is 3.96. The van der Waals surface area contributed by atoms with Crippen LogP contribution < -0.4 is 0 Å². The predicted octanol–water partition coefficient (Wildman–Crippen LogP) is 3.41. The molecule has 1 aromatic rings. The van der Waals surface area contributed by atoms with Gasteiger partial charge in [0.15, 0.2) is 0 Å². The summed E-state index contributed by atoms with van der Waals surface area (Å²) in [7, 11) is 0. The number of nitrogens with zero attached hydrogens (tertiary/aromatic N) is 1. The SMILES string of the molecule is CCC1CCC(C(=O)Cc2ccccn2)CC1. The van der Waals surface area contributed by atoms with Crippen molar-refractivity contribution in [1.82, 2.24) is 4.98 Å². The summed E-state index contributed by atoms with van der Waals surface area (Å²) < 4.78 is 0. The van der Waals surface area contributed by atoms with E-state index in [1.807, 2.05) is 18.2 Å². The Labute approximate surface area is 103 Å². The monoisotopic (exact) mass is 231 g/mol. The van der Waals surface area contributed by atoms with E-state index in [1.165, 1.54) is 19.3 Å². The highest BCUT2D eigenvalue weighted by Crippen LogP contribution is 2.31. The topological polar surface area (TPSA) is 30.0 Å². The molecule has 1 aromatic heterocycles. The van der Waals surface area contributed by atoms with Crippen LogP contribution in [0.15, 0.2) is 24.4 Å². The molecule has 1 saturated carbocycles. The Kier molecular flexibility index (Phi) is 4.29. The van der Waals surface area contributed by atoms with Gasteiger partial charge >= 0.3 is 0 Å². The second-order valence-corrected chi connectivity index (χ2v) is 5.09. The normalized spacial score (nSPS) is 24.5. The van der Waals surface area contributed by atoms with Crippen molar-refractivity contribution in [2.75, 3.05) is 0 Å². The highest BCUT2D eigenvalue weighted by Gasteiger charge is 2.25. The summed E-state index contributed by atoms with van der Waals surface area (Å²) in [4.78, 5) is 16.3. The number of ketones is 1. The second-order valence-electron chi connectivity index (χ2n) is 5.09. The van der Waals surface area contributed by atoms with E-state index in [0.29, 0.717) is 18.1 Å². The lowest BCUT2D eigenvalue weighted by Gasteiger charge is -2.26. The molecule has 0 unspecified atom stereocenters. The molecular formula is C15H21NO. The van der Waals surface area contributed by atoms with Crippen LogP contribution in [0.5, 0.6) is 0 Å². The van der Waals surface area contributed by atoms with Gasteiger partial charge in [-0.3, -0.25) is 9.78 Å². The molecule has 0 saturated heterocycles. The lowest BCUT2D eigenvalue weighted by molar-refractivity contribution is -0.123. The van der Waals surface area contributed by atoms with Crippen LogP contribution in [0.1, 0.15) is 44.7 Å². The standard InChI is InChI=1S/C15H21NO/c1-2-12-6-8-13(9-7-12)15(17)11-14-5-3-4-10-16-14/h3-5,10,12-13H,2,6-9,11H2,1H3. The Morgan fingerprint density at radius 3 is 2.65 bits per heavy atom. The minimum absolute atomic E-state index is 0.291. The fraction of sp³-hybridized carbons (Fsp3) is 0.600. The predicted molar refractivity (Wildman–Crippen MR) is 68.7 cm³/mol. The lowest BCUT2D eigenvalue weighted by Crippen LogP contribution is -2.23. The van der Waals surface area contributed by atoms with E-state index >= 15 is 0 Å². The molecule has 0 N–H and O–H groups in total. The Hall–Kier alpha value is -1.18. The van der Waals surface area contributed by atoms with E-state index in [0.717, 1.165) is 24.5 Å². The van der Waals surface area contributed by atoms with Crippen molar-refractivity contribution in [2.24, 2.45) is 11.8 Å². The third-order valence-corrected chi connectivity index (χ3v) is 3.96. The number of pyridine rings is 1. The molecule has 2 nitrogen and oxygen atoms in total. The zero-order valence-electron chi connectivity index (χ0n) is 10.6. The van der Waals surface area contributed by atoms with Crippen LogP contribution in [-0.4, -0.2) is 10.8 Å². The van der Waals surface area contributed by atoms with Crippen LogP contribution in [0, 0.1) is 11.8 Å². The first kappa shape index (κ1) is 12.3. The summed E-state index contributed by atoms with van der Waals surface area (Å²) in [5, 5.41) is 0. The summed E-state index contributed by atoms with van der Waals surface area (Å²) in [6.45, 7) is 2.25. The molecule has 0 bridgehead atoms. The Morgan fingerprint density at radius 2 is 2.06 bits per heavy atom. The van der Waals surface area contributed by atoms with Crippen LogP contribution in [0.2, 0.25) is 0 Å². The molecule has 0 aliphatic heterocycles. The van der Waals surface area contributed by atoms with Crippen molar-refractivity contribution in [2.45, 2.75) is 45.4 Å². The Morgan fingerprint density at radius 1 is 1.29 bits per heavy atom. The number of carbonyl (C=O) groups excluding carboxylic acids is 1. The molecule has 0 aromatic carbocycles. The molecule has 1 aliphatic carbocycles. The zero-order chi connectivity index (χ0) is 12.1. The molecule has 1 heterocycles. The Bertz CT molecular complexity index is 352. The summed E-state index contributed by atoms with van der Waals surface area (Å²) >= 11 is 0. The van der Waals surface area contributed by atoms with Crippen molar-refractivity contribution in [3.63, 3.8) is 0 Å². The van der Waals surface area contributed by atoms with Crippen LogP contribution >= 0.6 is 0 Å². The molecule has 0 amide bonds.